The Morgan fingerprint density at radius 2 is 1.91 bits per heavy atom. The van der Waals surface area contributed by atoms with Crippen LogP contribution in [0.5, 0.6) is 0 Å². The number of likely N-dealkylation sites (N-methyl/N-ethyl adjacent to an activating group) is 2. The number of nitrogens with zero attached hydrogens (tertiary/aromatic N) is 1. The number of rotatable bonds is 7. The van der Waals surface area contributed by atoms with E-state index in [2.05, 4.69) is 31.1 Å². The van der Waals surface area contributed by atoms with Crippen LogP contribution in [0.4, 0.5) is 0 Å². The zero-order chi connectivity index (χ0) is 8.53. The fraction of sp³-hybridized carbons (Fsp3) is 1.00. The predicted molar refractivity (Wildman–Crippen MR) is 50.9 cm³/mol. The van der Waals surface area contributed by atoms with Gasteiger partial charge in [-0.2, -0.15) is 0 Å². The first-order valence-corrected chi connectivity index (χ1v) is 4.70. The molecule has 0 radical (unpaired) electrons. The van der Waals surface area contributed by atoms with Crippen molar-refractivity contribution in [3.05, 3.63) is 0 Å². The minimum Gasteiger partial charge on any atom is -0.316 e. The molecule has 0 heterocycles. The summed E-state index contributed by atoms with van der Waals surface area (Å²) in [5, 5.41) is 3.31. The fourth-order valence-electron chi connectivity index (χ4n) is 0.987. The van der Waals surface area contributed by atoms with E-state index in [4.69, 9.17) is 0 Å². The van der Waals surface area contributed by atoms with Crippen molar-refractivity contribution in [3.63, 3.8) is 0 Å². The van der Waals surface area contributed by atoms with Crippen molar-refractivity contribution in [2.24, 2.45) is 0 Å². The fourth-order valence-corrected chi connectivity index (χ4v) is 0.987. The topological polar surface area (TPSA) is 15.3 Å². The first-order valence-electron chi connectivity index (χ1n) is 4.70. The summed E-state index contributed by atoms with van der Waals surface area (Å²) >= 11 is 0. The summed E-state index contributed by atoms with van der Waals surface area (Å²) in [6.45, 7) is 9.00. The maximum Gasteiger partial charge on any atom is 0.0104 e. The smallest absolute Gasteiger partial charge is 0.0104 e. The lowest BCUT2D eigenvalue weighted by Crippen LogP contribution is -2.29. The van der Waals surface area contributed by atoms with E-state index < -0.39 is 0 Å². The normalized spacial score (nSPS) is 10.9. The maximum absolute atomic E-state index is 3.31. The second kappa shape index (κ2) is 8.02. The molecule has 0 aromatic heterocycles. The monoisotopic (exact) mass is 158 g/mol. The Bertz CT molecular complexity index is 74.0. The average Bonchev–Trinajstić information content (AvgIpc) is 2.01. The van der Waals surface area contributed by atoms with Crippen LogP contribution in [0.1, 0.15) is 26.7 Å². The van der Waals surface area contributed by atoms with Crippen LogP contribution in [-0.2, 0) is 0 Å². The van der Waals surface area contributed by atoms with Gasteiger partial charge in [-0.3, -0.25) is 0 Å². The van der Waals surface area contributed by atoms with Crippen molar-refractivity contribution in [1.82, 2.24) is 10.2 Å². The summed E-state index contributed by atoms with van der Waals surface area (Å²) in [5.74, 6) is 0. The molecule has 2 nitrogen and oxygen atoms in total. The van der Waals surface area contributed by atoms with Crippen molar-refractivity contribution in [3.8, 4) is 0 Å². The molecule has 2 heteroatoms. The zero-order valence-electron chi connectivity index (χ0n) is 8.19. The molecule has 0 aliphatic rings. The second-order valence-electron chi connectivity index (χ2n) is 3.01. The standard InChI is InChI=1S/C9H22N2/c1-4-6-8-11(3)9-7-10-5-2/h10H,4-9H2,1-3H3. The molecule has 11 heavy (non-hydrogen) atoms. The van der Waals surface area contributed by atoms with Gasteiger partial charge in [-0.25, -0.2) is 0 Å². The molecule has 0 aliphatic heterocycles. The number of hydrogen-bond donors (Lipinski definition) is 1. The molecule has 0 amide bonds. The van der Waals surface area contributed by atoms with E-state index in [0.717, 1.165) is 13.1 Å². The largest absolute Gasteiger partial charge is 0.316 e. The molecule has 0 aromatic carbocycles. The lowest BCUT2D eigenvalue weighted by Gasteiger charge is -2.15. The Morgan fingerprint density at radius 3 is 2.45 bits per heavy atom. The Morgan fingerprint density at radius 1 is 1.18 bits per heavy atom. The molecule has 0 unspecified atom stereocenters. The van der Waals surface area contributed by atoms with Crippen molar-refractivity contribution >= 4 is 0 Å². The summed E-state index contributed by atoms with van der Waals surface area (Å²) in [5.41, 5.74) is 0. The third-order valence-electron chi connectivity index (χ3n) is 1.81. The highest BCUT2D eigenvalue weighted by Crippen LogP contribution is 1.89. The predicted octanol–water partition coefficient (Wildman–Crippen LogP) is 1.33. The lowest BCUT2D eigenvalue weighted by molar-refractivity contribution is 0.327. The van der Waals surface area contributed by atoms with Crippen LogP contribution in [-0.4, -0.2) is 38.1 Å². The van der Waals surface area contributed by atoms with Gasteiger partial charge in [0.05, 0.1) is 0 Å². The SMILES string of the molecule is CCCCN(C)CCNCC. The Labute approximate surface area is 71.0 Å². The molecule has 68 valence electrons. The summed E-state index contributed by atoms with van der Waals surface area (Å²) in [7, 11) is 2.19. The van der Waals surface area contributed by atoms with E-state index in [0.29, 0.717) is 0 Å². The van der Waals surface area contributed by atoms with E-state index in [9.17, 15) is 0 Å². The van der Waals surface area contributed by atoms with Gasteiger partial charge in [-0.05, 0) is 26.6 Å². The highest BCUT2D eigenvalue weighted by atomic mass is 15.1. The summed E-state index contributed by atoms with van der Waals surface area (Å²) in [4.78, 5) is 2.38. The maximum atomic E-state index is 3.31. The molecule has 1 N–H and O–H groups in total. The van der Waals surface area contributed by atoms with Crippen LogP contribution in [0.25, 0.3) is 0 Å². The van der Waals surface area contributed by atoms with E-state index in [-0.39, 0.29) is 0 Å². The summed E-state index contributed by atoms with van der Waals surface area (Å²) < 4.78 is 0. The molecule has 0 aromatic rings. The first-order chi connectivity index (χ1) is 5.31. The third kappa shape index (κ3) is 7.82. The van der Waals surface area contributed by atoms with Gasteiger partial charge in [-0.1, -0.05) is 20.3 Å². The van der Waals surface area contributed by atoms with E-state index in [1.165, 1.54) is 25.9 Å². The molecule has 0 spiro atoms. The van der Waals surface area contributed by atoms with Crippen LogP contribution >= 0.6 is 0 Å². The molecule has 0 rings (SSSR count). The van der Waals surface area contributed by atoms with E-state index >= 15 is 0 Å². The van der Waals surface area contributed by atoms with E-state index in [1.54, 1.807) is 0 Å². The van der Waals surface area contributed by atoms with Gasteiger partial charge in [-0.15, -0.1) is 0 Å². The van der Waals surface area contributed by atoms with Crippen molar-refractivity contribution in [1.29, 1.82) is 0 Å². The number of hydrogen-bond acceptors (Lipinski definition) is 2. The average molecular weight is 158 g/mol. The van der Waals surface area contributed by atoms with Crippen molar-refractivity contribution in [2.45, 2.75) is 26.7 Å². The van der Waals surface area contributed by atoms with Gasteiger partial charge in [0, 0.05) is 13.1 Å². The van der Waals surface area contributed by atoms with Crippen LogP contribution in [0, 0.1) is 0 Å². The van der Waals surface area contributed by atoms with Gasteiger partial charge >= 0.3 is 0 Å². The second-order valence-corrected chi connectivity index (χ2v) is 3.01. The highest BCUT2D eigenvalue weighted by molar-refractivity contribution is 4.52. The first kappa shape index (κ1) is 10.9. The molecular formula is C9H22N2. The molecular weight excluding hydrogens is 136 g/mol. The summed E-state index contributed by atoms with van der Waals surface area (Å²) in [6, 6.07) is 0. The van der Waals surface area contributed by atoms with Crippen LogP contribution in [0.2, 0.25) is 0 Å². The molecule has 0 saturated carbocycles. The molecule has 0 atom stereocenters. The third-order valence-corrected chi connectivity index (χ3v) is 1.81. The van der Waals surface area contributed by atoms with Gasteiger partial charge in [0.2, 0.25) is 0 Å². The number of nitrogens with one attached hydrogen (secondary N) is 1. The van der Waals surface area contributed by atoms with Crippen molar-refractivity contribution < 1.29 is 0 Å². The molecule has 0 saturated heterocycles. The Kier molecular flexibility index (Phi) is 7.96. The lowest BCUT2D eigenvalue weighted by atomic mass is 10.3. The Hall–Kier alpha value is -0.0800. The van der Waals surface area contributed by atoms with E-state index in [1.807, 2.05) is 0 Å². The van der Waals surface area contributed by atoms with Gasteiger partial charge in [0.1, 0.15) is 0 Å². The van der Waals surface area contributed by atoms with Crippen LogP contribution < -0.4 is 5.32 Å². The van der Waals surface area contributed by atoms with Gasteiger partial charge < -0.3 is 10.2 Å². The number of unbranched alkanes of at least 4 members (excludes halogenated alkanes) is 1. The summed E-state index contributed by atoms with van der Waals surface area (Å²) in [6.07, 6.45) is 2.62. The molecule has 0 fully saturated rings. The molecule has 0 bridgehead atoms. The van der Waals surface area contributed by atoms with Crippen LogP contribution in [0.15, 0.2) is 0 Å². The Balaban J connectivity index is 3.02. The van der Waals surface area contributed by atoms with Crippen LogP contribution in [0.3, 0.4) is 0 Å². The van der Waals surface area contributed by atoms with Gasteiger partial charge in [0.15, 0.2) is 0 Å². The quantitative estimate of drug-likeness (QED) is 0.562. The minimum atomic E-state index is 1.08. The molecule has 0 aliphatic carbocycles. The highest BCUT2D eigenvalue weighted by Gasteiger charge is 1.94. The minimum absolute atomic E-state index is 1.08. The van der Waals surface area contributed by atoms with Gasteiger partial charge in [0.25, 0.3) is 0 Å². The zero-order valence-corrected chi connectivity index (χ0v) is 8.19. The van der Waals surface area contributed by atoms with Crippen molar-refractivity contribution in [2.75, 3.05) is 33.2 Å².